The van der Waals surface area contributed by atoms with E-state index in [1.54, 1.807) is 0 Å². The first-order chi connectivity index (χ1) is 8.43. The average molecular weight is 260 g/mol. The summed E-state index contributed by atoms with van der Waals surface area (Å²) in [6.07, 6.45) is 1.58. The third-order valence-corrected chi connectivity index (χ3v) is 2.61. The van der Waals surface area contributed by atoms with Crippen LogP contribution in [0.15, 0.2) is 0 Å². The number of aliphatic hydroxyl groups is 1. The molecule has 0 fully saturated rings. The number of hydrogen-bond donors (Lipinski definition) is 3. The zero-order valence-corrected chi connectivity index (χ0v) is 11.3. The Kier molecular flexibility index (Phi) is 8.11. The minimum Gasteiger partial charge on any atom is -0.480 e. The van der Waals surface area contributed by atoms with E-state index in [-0.39, 0.29) is 18.7 Å². The Labute approximate surface area is 108 Å². The predicted octanol–water partition coefficient (Wildman–Crippen LogP) is 1.04. The van der Waals surface area contributed by atoms with Crippen molar-refractivity contribution in [2.75, 3.05) is 13.2 Å². The highest BCUT2D eigenvalue weighted by Crippen LogP contribution is 2.03. The highest BCUT2D eigenvalue weighted by atomic mass is 16.4. The van der Waals surface area contributed by atoms with E-state index in [2.05, 4.69) is 5.32 Å². The van der Waals surface area contributed by atoms with Gasteiger partial charge in [-0.3, -0.25) is 0 Å². The molecule has 0 bridgehead atoms. The Balaban J connectivity index is 4.51. The highest BCUT2D eigenvalue weighted by Gasteiger charge is 2.23. The fraction of sp³-hybridized carbons (Fsp3) is 0.833. The molecule has 6 heteroatoms. The second-order valence-corrected chi connectivity index (χ2v) is 4.49. The van der Waals surface area contributed by atoms with Crippen LogP contribution in [0.3, 0.4) is 0 Å². The number of carboxylic acids is 1. The van der Waals surface area contributed by atoms with Gasteiger partial charge in [0, 0.05) is 19.2 Å². The summed E-state index contributed by atoms with van der Waals surface area (Å²) in [5.41, 5.74) is 0. The van der Waals surface area contributed by atoms with Crippen LogP contribution in [0.4, 0.5) is 4.79 Å². The maximum Gasteiger partial charge on any atom is 0.326 e. The first-order valence-electron chi connectivity index (χ1n) is 6.34. The third-order valence-electron chi connectivity index (χ3n) is 2.61. The zero-order chi connectivity index (χ0) is 14.1. The number of nitrogens with zero attached hydrogens (tertiary/aromatic N) is 1. The topological polar surface area (TPSA) is 89.9 Å². The summed E-state index contributed by atoms with van der Waals surface area (Å²) in [6.45, 7) is 6.00. The van der Waals surface area contributed by atoms with Gasteiger partial charge in [0.25, 0.3) is 0 Å². The molecule has 0 saturated heterocycles. The van der Waals surface area contributed by atoms with E-state index < -0.39 is 12.0 Å². The summed E-state index contributed by atoms with van der Waals surface area (Å²) in [7, 11) is 0. The molecule has 0 saturated carbocycles. The molecule has 0 heterocycles. The Morgan fingerprint density at radius 2 is 1.94 bits per heavy atom. The second kappa shape index (κ2) is 8.74. The van der Waals surface area contributed by atoms with Gasteiger partial charge < -0.3 is 20.4 Å². The molecular weight excluding hydrogens is 236 g/mol. The number of aliphatic carboxylic acids is 1. The molecule has 0 aliphatic rings. The monoisotopic (exact) mass is 260 g/mol. The van der Waals surface area contributed by atoms with E-state index in [4.69, 9.17) is 10.2 Å². The van der Waals surface area contributed by atoms with Crippen LogP contribution < -0.4 is 5.32 Å². The number of nitrogens with one attached hydrogen (secondary N) is 1. The molecule has 0 spiro atoms. The number of urea groups is 1. The van der Waals surface area contributed by atoms with Gasteiger partial charge in [0.1, 0.15) is 6.04 Å². The molecule has 0 aliphatic heterocycles. The first kappa shape index (κ1) is 16.7. The van der Waals surface area contributed by atoms with Crippen LogP contribution in [0.25, 0.3) is 0 Å². The highest BCUT2D eigenvalue weighted by molar-refractivity contribution is 5.82. The van der Waals surface area contributed by atoms with Crippen molar-refractivity contribution in [2.24, 2.45) is 0 Å². The van der Waals surface area contributed by atoms with Crippen LogP contribution in [0.2, 0.25) is 0 Å². The minimum atomic E-state index is -1.02. The molecule has 0 aromatic heterocycles. The number of amides is 2. The van der Waals surface area contributed by atoms with E-state index >= 15 is 0 Å². The molecule has 2 amide bonds. The summed E-state index contributed by atoms with van der Waals surface area (Å²) in [5, 5.41) is 20.3. The van der Waals surface area contributed by atoms with E-state index in [0.717, 1.165) is 0 Å². The maximum absolute atomic E-state index is 12.0. The van der Waals surface area contributed by atoms with Gasteiger partial charge in [0.2, 0.25) is 0 Å². The second-order valence-electron chi connectivity index (χ2n) is 4.49. The van der Waals surface area contributed by atoms with E-state index in [0.29, 0.717) is 25.8 Å². The standard InChI is InChI=1S/C12H24N2O4/c1-4-6-10(11(16)17)13-12(18)14(9(2)3)7-5-8-15/h9-10,15H,4-8H2,1-3H3,(H,13,18)(H,16,17)/t10-/m0/s1. The number of carbonyl (C=O) groups excluding carboxylic acids is 1. The summed E-state index contributed by atoms with van der Waals surface area (Å²) in [6, 6.07) is -1.27. The molecule has 0 radical (unpaired) electrons. The summed E-state index contributed by atoms with van der Waals surface area (Å²) < 4.78 is 0. The number of hydrogen-bond acceptors (Lipinski definition) is 3. The molecule has 0 unspecified atom stereocenters. The molecule has 0 aliphatic carbocycles. The van der Waals surface area contributed by atoms with Gasteiger partial charge in [0.15, 0.2) is 0 Å². The maximum atomic E-state index is 12.0. The van der Waals surface area contributed by atoms with Gasteiger partial charge in [-0.05, 0) is 26.7 Å². The van der Waals surface area contributed by atoms with Crippen molar-refractivity contribution in [1.82, 2.24) is 10.2 Å². The van der Waals surface area contributed by atoms with Gasteiger partial charge in [-0.15, -0.1) is 0 Å². The number of aliphatic hydroxyl groups excluding tert-OH is 1. The average Bonchev–Trinajstić information content (AvgIpc) is 2.28. The Morgan fingerprint density at radius 3 is 2.33 bits per heavy atom. The molecule has 3 N–H and O–H groups in total. The lowest BCUT2D eigenvalue weighted by molar-refractivity contribution is -0.139. The number of carbonyl (C=O) groups is 2. The van der Waals surface area contributed by atoms with Crippen molar-refractivity contribution < 1.29 is 19.8 Å². The third kappa shape index (κ3) is 5.86. The lowest BCUT2D eigenvalue weighted by Crippen LogP contribution is -2.50. The molecule has 6 nitrogen and oxygen atoms in total. The van der Waals surface area contributed by atoms with Gasteiger partial charge in [-0.25, -0.2) is 9.59 Å². The van der Waals surface area contributed by atoms with Gasteiger partial charge in [-0.1, -0.05) is 13.3 Å². The van der Waals surface area contributed by atoms with Gasteiger partial charge in [-0.2, -0.15) is 0 Å². The van der Waals surface area contributed by atoms with Crippen LogP contribution in [0.5, 0.6) is 0 Å². The molecule has 106 valence electrons. The van der Waals surface area contributed by atoms with Crippen LogP contribution in [-0.2, 0) is 4.79 Å². The van der Waals surface area contributed by atoms with Crippen molar-refractivity contribution in [2.45, 2.75) is 52.1 Å². The lowest BCUT2D eigenvalue weighted by Gasteiger charge is -2.28. The Morgan fingerprint density at radius 1 is 1.33 bits per heavy atom. The molecule has 1 atom stereocenters. The van der Waals surface area contributed by atoms with Crippen LogP contribution >= 0.6 is 0 Å². The molecular formula is C12H24N2O4. The molecule has 0 aromatic rings. The van der Waals surface area contributed by atoms with Crippen molar-refractivity contribution in [3.05, 3.63) is 0 Å². The van der Waals surface area contributed by atoms with Gasteiger partial charge in [0.05, 0.1) is 0 Å². The summed E-state index contributed by atoms with van der Waals surface area (Å²) in [5.74, 6) is -1.02. The van der Waals surface area contributed by atoms with Crippen LogP contribution in [0, 0.1) is 0 Å². The fourth-order valence-electron chi connectivity index (χ4n) is 1.61. The molecule has 18 heavy (non-hydrogen) atoms. The zero-order valence-electron chi connectivity index (χ0n) is 11.3. The minimum absolute atomic E-state index is 0.00776. The smallest absolute Gasteiger partial charge is 0.326 e. The summed E-state index contributed by atoms with van der Waals surface area (Å²) in [4.78, 5) is 24.4. The Hall–Kier alpha value is -1.30. The van der Waals surface area contributed by atoms with Crippen LogP contribution in [0.1, 0.15) is 40.0 Å². The lowest BCUT2D eigenvalue weighted by atomic mass is 10.2. The quantitative estimate of drug-likeness (QED) is 0.608. The number of carboxylic acid groups (broad SMARTS) is 1. The van der Waals surface area contributed by atoms with E-state index in [1.807, 2.05) is 20.8 Å². The van der Waals surface area contributed by atoms with E-state index in [1.165, 1.54) is 4.90 Å². The predicted molar refractivity (Wildman–Crippen MR) is 68.4 cm³/mol. The van der Waals surface area contributed by atoms with Crippen LogP contribution in [-0.4, -0.2) is 52.3 Å². The number of rotatable bonds is 8. The Bertz CT molecular complexity index is 269. The first-order valence-corrected chi connectivity index (χ1v) is 6.34. The summed E-state index contributed by atoms with van der Waals surface area (Å²) >= 11 is 0. The van der Waals surface area contributed by atoms with Crippen molar-refractivity contribution in [3.63, 3.8) is 0 Å². The van der Waals surface area contributed by atoms with Crippen molar-refractivity contribution in [1.29, 1.82) is 0 Å². The fourth-order valence-corrected chi connectivity index (χ4v) is 1.61. The SMILES string of the molecule is CCC[C@H](NC(=O)N(CCCO)C(C)C)C(=O)O. The van der Waals surface area contributed by atoms with E-state index in [9.17, 15) is 9.59 Å². The normalized spacial score (nSPS) is 12.3. The molecule has 0 rings (SSSR count). The largest absolute Gasteiger partial charge is 0.480 e. The van der Waals surface area contributed by atoms with Crippen molar-refractivity contribution >= 4 is 12.0 Å². The van der Waals surface area contributed by atoms with Gasteiger partial charge >= 0.3 is 12.0 Å². The molecule has 0 aromatic carbocycles. The van der Waals surface area contributed by atoms with Crippen molar-refractivity contribution in [3.8, 4) is 0 Å².